The van der Waals surface area contributed by atoms with Crippen LogP contribution in [0.2, 0.25) is 5.02 Å². The van der Waals surface area contributed by atoms with Crippen LogP contribution in [0.1, 0.15) is 32.7 Å². The first-order valence-electron chi connectivity index (χ1n) is 8.68. The van der Waals surface area contributed by atoms with Gasteiger partial charge in [-0.15, -0.1) is 0 Å². The maximum absolute atomic E-state index is 6.40. The number of anilines is 1. The lowest BCUT2D eigenvalue weighted by Crippen LogP contribution is -2.19. The topological polar surface area (TPSA) is 67.8 Å². The standard InChI is InChI=1S/C18H22ClN5O/c1-11(2)23-17-14(8-20-18-16(17)15(19)9-21-18)12-7-22-24(10-12)13-3-5-25-6-4-13/h7-11,13H,3-6H2,1-2H3,(H2,20,21,23). The summed E-state index contributed by atoms with van der Waals surface area (Å²) in [5, 5.41) is 9.71. The van der Waals surface area contributed by atoms with Gasteiger partial charge in [0.25, 0.3) is 0 Å². The zero-order chi connectivity index (χ0) is 17.4. The second-order valence-electron chi connectivity index (χ2n) is 6.76. The van der Waals surface area contributed by atoms with Gasteiger partial charge in [0.05, 0.1) is 28.3 Å². The molecule has 132 valence electrons. The molecule has 0 radical (unpaired) electrons. The maximum Gasteiger partial charge on any atom is 0.140 e. The summed E-state index contributed by atoms with van der Waals surface area (Å²) in [6.07, 6.45) is 9.67. The number of hydrogen-bond acceptors (Lipinski definition) is 4. The number of ether oxygens (including phenoxy) is 1. The predicted molar refractivity (Wildman–Crippen MR) is 100 cm³/mol. The van der Waals surface area contributed by atoms with Gasteiger partial charge < -0.3 is 15.0 Å². The highest BCUT2D eigenvalue weighted by molar-refractivity contribution is 6.36. The van der Waals surface area contributed by atoms with E-state index < -0.39 is 0 Å². The number of pyridine rings is 1. The largest absolute Gasteiger partial charge is 0.382 e. The molecule has 0 spiro atoms. The van der Waals surface area contributed by atoms with Gasteiger partial charge in [0.2, 0.25) is 0 Å². The number of halogens is 1. The van der Waals surface area contributed by atoms with E-state index in [4.69, 9.17) is 16.3 Å². The monoisotopic (exact) mass is 359 g/mol. The molecule has 0 atom stereocenters. The van der Waals surface area contributed by atoms with E-state index in [1.807, 2.05) is 12.4 Å². The first-order chi connectivity index (χ1) is 12.1. The molecule has 3 aromatic heterocycles. The minimum absolute atomic E-state index is 0.279. The quantitative estimate of drug-likeness (QED) is 0.730. The molecule has 7 heteroatoms. The van der Waals surface area contributed by atoms with Crippen LogP contribution in [0.25, 0.3) is 22.2 Å². The fourth-order valence-electron chi connectivity index (χ4n) is 3.34. The van der Waals surface area contributed by atoms with E-state index in [0.717, 1.165) is 53.9 Å². The van der Waals surface area contributed by atoms with Gasteiger partial charge in [-0.05, 0) is 26.7 Å². The van der Waals surface area contributed by atoms with E-state index in [1.165, 1.54) is 0 Å². The van der Waals surface area contributed by atoms with Crippen molar-refractivity contribution in [2.45, 2.75) is 38.8 Å². The minimum atomic E-state index is 0.279. The molecule has 1 aliphatic heterocycles. The summed E-state index contributed by atoms with van der Waals surface area (Å²) >= 11 is 6.40. The van der Waals surface area contributed by atoms with E-state index in [9.17, 15) is 0 Å². The van der Waals surface area contributed by atoms with Crippen LogP contribution >= 0.6 is 11.6 Å². The van der Waals surface area contributed by atoms with Gasteiger partial charge in [-0.25, -0.2) is 4.98 Å². The molecule has 0 aromatic carbocycles. The molecule has 0 aliphatic carbocycles. The van der Waals surface area contributed by atoms with Crippen molar-refractivity contribution in [3.63, 3.8) is 0 Å². The maximum atomic E-state index is 6.40. The second kappa shape index (κ2) is 6.69. The van der Waals surface area contributed by atoms with Crippen molar-refractivity contribution < 1.29 is 4.74 Å². The van der Waals surface area contributed by atoms with Crippen LogP contribution in [0.4, 0.5) is 5.69 Å². The van der Waals surface area contributed by atoms with Crippen LogP contribution in [0.15, 0.2) is 24.8 Å². The first-order valence-corrected chi connectivity index (χ1v) is 9.05. The summed E-state index contributed by atoms with van der Waals surface area (Å²) in [5.74, 6) is 0. The van der Waals surface area contributed by atoms with E-state index in [1.54, 1.807) is 6.20 Å². The average Bonchev–Trinajstić information content (AvgIpc) is 3.23. The van der Waals surface area contributed by atoms with Crippen molar-refractivity contribution >= 4 is 28.3 Å². The lowest BCUT2D eigenvalue weighted by molar-refractivity contribution is 0.0662. The van der Waals surface area contributed by atoms with Crippen molar-refractivity contribution in [1.82, 2.24) is 19.7 Å². The van der Waals surface area contributed by atoms with E-state index in [0.29, 0.717) is 11.1 Å². The zero-order valence-electron chi connectivity index (χ0n) is 14.4. The van der Waals surface area contributed by atoms with Crippen LogP contribution in [-0.2, 0) is 4.74 Å². The Bertz CT molecular complexity index is 879. The van der Waals surface area contributed by atoms with Gasteiger partial charge >= 0.3 is 0 Å². The van der Waals surface area contributed by atoms with Crippen LogP contribution in [-0.4, -0.2) is 39.0 Å². The van der Waals surface area contributed by atoms with Crippen molar-refractivity contribution in [2.24, 2.45) is 0 Å². The summed E-state index contributed by atoms with van der Waals surface area (Å²) in [5.41, 5.74) is 3.84. The summed E-state index contributed by atoms with van der Waals surface area (Å²) in [7, 11) is 0. The lowest BCUT2D eigenvalue weighted by Gasteiger charge is -2.22. The van der Waals surface area contributed by atoms with Gasteiger partial charge in [0.15, 0.2) is 0 Å². The first kappa shape index (κ1) is 16.4. The second-order valence-corrected chi connectivity index (χ2v) is 7.17. The van der Waals surface area contributed by atoms with Crippen molar-refractivity contribution in [1.29, 1.82) is 0 Å². The Kier molecular flexibility index (Phi) is 4.39. The smallest absolute Gasteiger partial charge is 0.140 e. The molecule has 4 rings (SSSR count). The van der Waals surface area contributed by atoms with E-state index in [-0.39, 0.29) is 6.04 Å². The zero-order valence-corrected chi connectivity index (χ0v) is 15.2. The van der Waals surface area contributed by atoms with Gasteiger partial charge in [-0.3, -0.25) is 4.68 Å². The number of nitrogens with one attached hydrogen (secondary N) is 2. The van der Waals surface area contributed by atoms with Crippen LogP contribution < -0.4 is 5.32 Å². The molecule has 0 bridgehead atoms. The third-order valence-corrected chi connectivity index (χ3v) is 4.86. The normalized spacial score (nSPS) is 16.0. The van der Waals surface area contributed by atoms with Crippen LogP contribution in [0.3, 0.4) is 0 Å². The van der Waals surface area contributed by atoms with Crippen molar-refractivity contribution in [2.75, 3.05) is 18.5 Å². The Balaban J connectivity index is 1.78. The summed E-state index contributed by atoms with van der Waals surface area (Å²) < 4.78 is 7.50. The van der Waals surface area contributed by atoms with E-state index >= 15 is 0 Å². The SMILES string of the molecule is CC(C)Nc1c(-c2cnn(C3CCOCC3)c2)cnc2[nH]cc(Cl)c12. The molecule has 4 heterocycles. The third-order valence-electron chi connectivity index (χ3n) is 4.56. The average molecular weight is 360 g/mol. The van der Waals surface area contributed by atoms with Gasteiger partial charge in [-0.1, -0.05) is 11.6 Å². The molecule has 0 amide bonds. The molecular weight excluding hydrogens is 338 g/mol. The Morgan fingerprint density at radius 3 is 2.88 bits per heavy atom. The van der Waals surface area contributed by atoms with Gasteiger partial charge in [0, 0.05) is 49.0 Å². The highest BCUT2D eigenvalue weighted by Crippen LogP contribution is 2.38. The van der Waals surface area contributed by atoms with Crippen LogP contribution in [0.5, 0.6) is 0 Å². The number of nitrogens with zero attached hydrogens (tertiary/aromatic N) is 3. The summed E-state index contributed by atoms with van der Waals surface area (Å²) in [6, 6.07) is 0.678. The molecular formula is C18H22ClN5O. The van der Waals surface area contributed by atoms with Crippen molar-refractivity contribution in [3.8, 4) is 11.1 Å². The number of aromatic nitrogens is 4. The Morgan fingerprint density at radius 2 is 2.12 bits per heavy atom. The van der Waals surface area contributed by atoms with Gasteiger partial charge in [0.1, 0.15) is 5.65 Å². The van der Waals surface area contributed by atoms with Gasteiger partial charge in [-0.2, -0.15) is 5.10 Å². The number of H-pyrrole nitrogens is 1. The van der Waals surface area contributed by atoms with Crippen molar-refractivity contribution in [3.05, 3.63) is 29.8 Å². The molecule has 3 aromatic rings. The number of fused-ring (bicyclic) bond motifs is 1. The van der Waals surface area contributed by atoms with E-state index in [2.05, 4.69) is 45.1 Å². The third kappa shape index (κ3) is 3.12. The molecule has 1 fully saturated rings. The number of hydrogen-bond donors (Lipinski definition) is 2. The summed E-state index contributed by atoms with van der Waals surface area (Å²) in [4.78, 5) is 7.65. The van der Waals surface area contributed by atoms with Crippen LogP contribution in [0, 0.1) is 0 Å². The molecule has 0 unspecified atom stereocenters. The Hall–Kier alpha value is -2.05. The molecule has 1 aliphatic rings. The predicted octanol–water partition coefficient (Wildman–Crippen LogP) is 4.25. The fraction of sp³-hybridized carbons (Fsp3) is 0.444. The highest BCUT2D eigenvalue weighted by atomic mass is 35.5. The Labute approximate surface area is 151 Å². The molecule has 6 nitrogen and oxygen atoms in total. The summed E-state index contributed by atoms with van der Waals surface area (Å²) in [6.45, 7) is 5.82. The molecule has 0 saturated carbocycles. The minimum Gasteiger partial charge on any atom is -0.382 e. The lowest BCUT2D eigenvalue weighted by atomic mass is 10.1. The molecule has 25 heavy (non-hydrogen) atoms. The number of rotatable bonds is 4. The molecule has 1 saturated heterocycles. The fourth-order valence-corrected chi connectivity index (χ4v) is 3.58. The molecule has 2 N–H and O–H groups in total. The number of aromatic amines is 1. The highest BCUT2D eigenvalue weighted by Gasteiger charge is 2.20. The Morgan fingerprint density at radius 1 is 1.32 bits per heavy atom.